The average molecular weight is 453 g/mol. The minimum Gasteiger partial charge on any atom is -0.444 e. The Morgan fingerprint density at radius 3 is 2.48 bits per heavy atom. The van der Waals surface area contributed by atoms with Crippen molar-refractivity contribution in [1.29, 1.82) is 0 Å². The van der Waals surface area contributed by atoms with Crippen LogP contribution in [0.4, 0.5) is 4.79 Å². The number of hydrogen-bond donors (Lipinski definition) is 0. The zero-order chi connectivity index (χ0) is 23.8. The van der Waals surface area contributed by atoms with E-state index in [9.17, 15) is 14.4 Å². The van der Waals surface area contributed by atoms with Crippen LogP contribution in [-0.4, -0.2) is 59.9 Å². The van der Waals surface area contributed by atoms with Crippen molar-refractivity contribution in [2.75, 3.05) is 26.2 Å². The lowest BCUT2D eigenvalue weighted by molar-refractivity contribution is -0.131. The molecule has 0 unspecified atom stereocenters. The van der Waals surface area contributed by atoms with E-state index >= 15 is 0 Å². The summed E-state index contributed by atoms with van der Waals surface area (Å²) in [6, 6.07) is 14.3. The molecule has 0 saturated carbocycles. The Bertz CT molecular complexity index is 953. The van der Waals surface area contributed by atoms with Crippen molar-refractivity contribution in [3.8, 4) is 0 Å². The van der Waals surface area contributed by atoms with Crippen molar-refractivity contribution < 1.29 is 19.1 Å². The van der Waals surface area contributed by atoms with Crippen LogP contribution in [0.25, 0.3) is 10.8 Å². The van der Waals surface area contributed by atoms with E-state index in [2.05, 4.69) is 18.2 Å². The number of aldehydes is 1. The molecular formula is C27H36N2O4. The number of hydrogen-bond acceptors (Lipinski definition) is 4. The molecule has 0 spiro atoms. The van der Waals surface area contributed by atoms with Gasteiger partial charge in [-0.05, 0) is 62.3 Å². The quantitative estimate of drug-likeness (QED) is 0.425. The Labute approximate surface area is 196 Å². The predicted molar refractivity (Wildman–Crippen MR) is 130 cm³/mol. The maximum absolute atomic E-state index is 13.0. The number of carbonyl (C=O) groups excluding carboxylic acids is 3. The van der Waals surface area contributed by atoms with Crippen molar-refractivity contribution in [3.05, 3.63) is 48.0 Å². The molecule has 2 aromatic rings. The van der Waals surface area contributed by atoms with E-state index in [1.54, 1.807) is 4.90 Å². The van der Waals surface area contributed by atoms with E-state index in [0.29, 0.717) is 51.4 Å². The lowest BCUT2D eigenvalue weighted by atomic mass is 9.95. The molecule has 2 amide bonds. The van der Waals surface area contributed by atoms with Gasteiger partial charge in [0.2, 0.25) is 5.91 Å². The van der Waals surface area contributed by atoms with Gasteiger partial charge < -0.3 is 19.3 Å². The SMILES string of the molecule is CC(C)(C)OC(=O)N(CCCC=O)CC1CCN(C(=O)Cc2cccc3ccccc23)CC1. The van der Waals surface area contributed by atoms with Crippen molar-refractivity contribution in [2.24, 2.45) is 5.92 Å². The lowest BCUT2D eigenvalue weighted by Gasteiger charge is -2.35. The van der Waals surface area contributed by atoms with Crippen LogP contribution in [0.5, 0.6) is 0 Å². The fraction of sp³-hybridized carbons (Fsp3) is 0.519. The summed E-state index contributed by atoms with van der Waals surface area (Å²) in [5.41, 5.74) is 0.503. The summed E-state index contributed by atoms with van der Waals surface area (Å²) in [6.07, 6.45) is 3.73. The molecule has 6 nitrogen and oxygen atoms in total. The molecule has 3 rings (SSSR count). The van der Waals surface area contributed by atoms with Gasteiger partial charge in [0.1, 0.15) is 11.9 Å². The number of benzene rings is 2. The first-order chi connectivity index (χ1) is 15.8. The van der Waals surface area contributed by atoms with Gasteiger partial charge in [-0.3, -0.25) is 4.79 Å². The zero-order valence-electron chi connectivity index (χ0n) is 20.1. The first-order valence-corrected chi connectivity index (χ1v) is 11.9. The van der Waals surface area contributed by atoms with Crippen LogP contribution in [0.15, 0.2) is 42.5 Å². The average Bonchev–Trinajstić information content (AvgIpc) is 2.78. The minimum atomic E-state index is -0.558. The van der Waals surface area contributed by atoms with E-state index in [1.165, 1.54) is 0 Å². The van der Waals surface area contributed by atoms with Crippen molar-refractivity contribution in [2.45, 2.75) is 58.5 Å². The summed E-state index contributed by atoms with van der Waals surface area (Å²) < 4.78 is 5.57. The Kier molecular flexibility index (Phi) is 8.48. The highest BCUT2D eigenvalue weighted by Crippen LogP contribution is 2.23. The summed E-state index contributed by atoms with van der Waals surface area (Å²) in [4.78, 5) is 40.0. The number of piperidine rings is 1. The van der Waals surface area contributed by atoms with Crippen molar-refractivity contribution in [3.63, 3.8) is 0 Å². The molecule has 0 atom stereocenters. The third-order valence-corrected chi connectivity index (χ3v) is 6.07. The maximum atomic E-state index is 13.0. The fourth-order valence-electron chi connectivity index (χ4n) is 4.35. The fourth-order valence-corrected chi connectivity index (χ4v) is 4.35. The molecule has 33 heavy (non-hydrogen) atoms. The Morgan fingerprint density at radius 1 is 1.09 bits per heavy atom. The number of nitrogens with zero attached hydrogens (tertiary/aromatic N) is 2. The van der Waals surface area contributed by atoms with E-state index in [0.717, 1.165) is 35.5 Å². The van der Waals surface area contributed by atoms with Gasteiger partial charge in [-0.1, -0.05) is 42.5 Å². The molecule has 0 radical (unpaired) electrons. The number of unbranched alkanes of at least 4 members (excludes halogenated alkanes) is 1. The predicted octanol–water partition coefficient (Wildman–Crippen LogP) is 4.84. The zero-order valence-corrected chi connectivity index (χ0v) is 20.1. The second-order valence-electron chi connectivity index (χ2n) is 9.87. The number of likely N-dealkylation sites (tertiary alicyclic amines) is 1. The summed E-state index contributed by atoms with van der Waals surface area (Å²) in [5.74, 6) is 0.468. The van der Waals surface area contributed by atoms with Crippen molar-refractivity contribution >= 4 is 29.1 Å². The molecule has 1 aliphatic heterocycles. The topological polar surface area (TPSA) is 66.9 Å². The molecule has 178 valence electrons. The largest absolute Gasteiger partial charge is 0.444 e. The van der Waals surface area contributed by atoms with Gasteiger partial charge in [-0.2, -0.15) is 0 Å². The summed E-state index contributed by atoms with van der Waals surface area (Å²) in [5, 5.41) is 2.28. The number of carbonyl (C=O) groups is 3. The Morgan fingerprint density at radius 2 is 1.79 bits per heavy atom. The molecule has 1 saturated heterocycles. The smallest absolute Gasteiger partial charge is 0.410 e. The first kappa shape index (κ1) is 24.7. The molecule has 0 aromatic heterocycles. The molecule has 0 N–H and O–H groups in total. The molecule has 1 aliphatic rings. The highest BCUT2D eigenvalue weighted by Gasteiger charge is 2.28. The highest BCUT2D eigenvalue weighted by atomic mass is 16.6. The minimum absolute atomic E-state index is 0.153. The normalized spacial score (nSPS) is 14.8. The summed E-state index contributed by atoms with van der Waals surface area (Å²) in [7, 11) is 0. The van der Waals surface area contributed by atoms with Crippen LogP contribution in [-0.2, 0) is 20.7 Å². The van der Waals surface area contributed by atoms with E-state index in [1.807, 2.05) is 49.9 Å². The standard InChI is InChI=1S/C27H36N2O4/c1-27(2,3)33-26(32)29(15-6-7-18-30)20-21-13-16-28(17-14-21)25(31)19-23-11-8-10-22-9-4-5-12-24(22)23/h4-5,8-12,18,21H,6-7,13-17,19-20H2,1-3H3. The van der Waals surface area contributed by atoms with Gasteiger partial charge >= 0.3 is 6.09 Å². The second-order valence-corrected chi connectivity index (χ2v) is 9.87. The monoisotopic (exact) mass is 452 g/mol. The van der Waals surface area contributed by atoms with Gasteiger partial charge in [0.25, 0.3) is 0 Å². The van der Waals surface area contributed by atoms with Crippen LogP contribution in [0.3, 0.4) is 0 Å². The van der Waals surface area contributed by atoms with E-state index in [4.69, 9.17) is 4.74 Å². The van der Waals surface area contributed by atoms with Gasteiger partial charge in [0.15, 0.2) is 0 Å². The Balaban J connectivity index is 1.55. The number of rotatable bonds is 8. The van der Waals surface area contributed by atoms with Gasteiger partial charge in [-0.15, -0.1) is 0 Å². The number of ether oxygens (including phenoxy) is 1. The lowest BCUT2D eigenvalue weighted by Crippen LogP contribution is -2.44. The number of amides is 2. The second kappa shape index (κ2) is 11.3. The van der Waals surface area contributed by atoms with Crippen LogP contribution in [0.1, 0.15) is 52.0 Å². The van der Waals surface area contributed by atoms with Crippen LogP contribution < -0.4 is 0 Å². The Hall–Kier alpha value is -2.89. The highest BCUT2D eigenvalue weighted by molar-refractivity contribution is 5.90. The number of fused-ring (bicyclic) bond motifs is 1. The van der Waals surface area contributed by atoms with Crippen molar-refractivity contribution in [1.82, 2.24) is 9.80 Å². The van der Waals surface area contributed by atoms with Crippen LogP contribution in [0.2, 0.25) is 0 Å². The molecule has 1 fully saturated rings. The molecule has 1 heterocycles. The first-order valence-electron chi connectivity index (χ1n) is 11.9. The summed E-state index contributed by atoms with van der Waals surface area (Å²) >= 11 is 0. The molecular weight excluding hydrogens is 416 g/mol. The molecule has 6 heteroatoms. The van der Waals surface area contributed by atoms with E-state index < -0.39 is 5.60 Å². The third kappa shape index (κ3) is 7.31. The summed E-state index contributed by atoms with van der Waals surface area (Å²) in [6.45, 7) is 8.07. The molecule has 0 bridgehead atoms. The van der Waals surface area contributed by atoms with Crippen LogP contribution >= 0.6 is 0 Å². The maximum Gasteiger partial charge on any atom is 0.410 e. The molecule has 0 aliphatic carbocycles. The third-order valence-electron chi connectivity index (χ3n) is 6.07. The molecule has 2 aromatic carbocycles. The van der Waals surface area contributed by atoms with Gasteiger partial charge in [0.05, 0.1) is 6.42 Å². The van der Waals surface area contributed by atoms with Gasteiger partial charge in [0, 0.05) is 32.6 Å². The van der Waals surface area contributed by atoms with Crippen LogP contribution in [0, 0.1) is 5.92 Å². The van der Waals surface area contributed by atoms with E-state index in [-0.39, 0.29) is 12.0 Å². The van der Waals surface area contributed by atoms with Gasteiger partial charge in [-0.25, -0.2) is 4.79 Å².